The Morgan fingerprint density at radius 3 is 2.62 bits per heavy atom. The zero-order valence-electron chi connectivity index (χ0n) is 18.2. The summed E-state index contributed by atoms with van der Waals surface area (Å²) in [6, 6.07) is 13.1. The van der Waals surface area contributed by atoms with E-state index in [2.05, 4.69) is 45.9 Å². The second-order valence-corrected chi connectivity index (χ2v) is 7.89. The Hall–Kier alpha value is -3.90. The van der Waals surface area contributed by atoms with Crippen LogP contribution in [0, 0.1) is 11.3 Å². The monoisotopic (exact) mass is 430 g/mol. The van der Waals surface area contributed by atoms with Crippen molar-refractivity contribution in [1.29, 1.82) is 5.26 Å². The molecule has 1 saturated heterocycles. The molecule has 0 spiro atoms. The van der Waals surface area contributed by atoms with E-state index in [9.17, 15) is 4.79 Å². The van der Waals surface area contributed by atoms with E-state index in [-0.39, 0.29) is 11.9 Å². The molecule has 2 aromatic heterocycles. The van der Waals surface area contributed by atoms with Crippen LogP contribution in [0.2, 0.25) is 0 Å². The molecule has 4 rings (SSSR count). The third-order valence-corrected chi connectivity index (χ3v) is 5.07. The normalized spacial score (nSPS) is 13.6. The van der Waals surface area contributed by atoms with E-state index in [0.717, 1.165) is 30.2 Å². The SMILES string of the molecule is CC(C)Nc1cc(Nc2ccc(C#N)cc2)ncc1-n1ccc(C(=O)N2CCNCC2)n1. The van der Waals surface area contributed by atoms with Gasteiger partial charge in [0.05, 0.1) is 23.5 Å². The van der Waals surface area contributed by atoms with Gasteiger partial charge in [0.25, 0.3) is 5.91 Å². The molecule has 9 nitrogen and oxygen atoms in total. The largest absolute Gasteiger partial charge is 0.381 e. The van der Waals surface area contributed by atoms with Gasteiger partial charge in [-0.2, -0.15) is 10.4 Å². The highest BCUT2D eigenvalue weighted by atomic mass is 16.2. The molecule has 3 heterocycles. The molecule has 1 aromatic carbocycles. The van der Waals surface area contributed by atoms with Gasteiger partial charge in [0.2, 0.25) is 0 Å². The van der Waals surface area contributed by atoms with E-state index in [1.807, 2.05) is 23.1 Å². The number of nitrogens with one attached hydrogen (secondary N) is 3. The number of aromatic nitrogens is 3. The molecular formula is C23H26N8O. The Balaban J connectivity index is 1.58. The van der Waals surface area contributed by atoms with Crippen molar-refractivity contribution in [2.24, 2.45) is 0 Å². The lowest BCUT2D eigenvalue weighted by molar-refractivity contribution is 0.0729. The average molecular weight is 431 g/mol. The summed E-state index contributed by atoms with van der Waals surface area (Å²) >= 11 is 0. The maximum absolute atomic E-state index is 12.8. The molecule has 0 radical (unpaired) electrons. The predicted molar refractivity (Wildman–Crippen MR) is 123 cm³/mol. The maximum atomic E-state index is 12.8. The summed E-state index contributed by atoms with van der Waals surface area (Å²) in [6.45, 7) is 7.08. The van der Waals surface area contributed by atoms with Crippen LogP contribution in [-0.2, 0) is 0 Å². The van der Waals surface area contributed by atoms with Crippen LogP contribution in [0.25, 0.3) is 5.69 Å². The van der Waals surface area contributed by atoms with E-state index in [0.29, 0.717) is 30.2 Å². The summed E-state index contributed by atoms with van der Waals surface area (Å²) in [4.78, 5) is 19.1. The van der Waals surface area contributed by atoms with Gasteiger partial charge in [-0.1, -0.05) is 0 Å². The van der Waals surface area contributed by atoms with Crippen molar-refractivity contribution < 1.29 is 4.79 Å². The first kappa shape index (κ1) is 21.3. The summed E-state index contributed by atoms with van der Waals surface area (Å²) in [5.74, 6) is 0.599. The number of anilines is 3. The lowest BCUT2D eigenvalue weighted by Crippen LogP contribution is -2.46. The fourth-order valence-corrected chi connectivity index (χ4v) is 3.50. The van der Waals surface area contributed by atoms with Gasteiger partial charge in [-0.15, -0.1) is 0 Å². The molecule has 1 fully saturated rings. The number of piperazine rings is 1. The smallest absolute Gasteiger partial charge is 0.274 e. The molecular weight excluding hydrogens is 404 g/mol. The molecule has 3 aromatic rings. The molecule has 0 aliphatic carbocycles. The number of carbonyl (C=O) groups is 1. The van der Waals surface area contributed by atoms with Crippen molar-refractivity contribution >= 4 is 23.1 Å². The van der Waals surface area contributed by atoms with Crippen LogP contribution < -0.4 is 16.0 Å². The molecule has 1 aliphatic rings. The van der Waals surface area contributed by atoms with E-state index < -0.39 is 0 Å². The van der Waals surface area contributed by atoms with Crippen LogP contribution in [0.15, 0.2) is 48.8 Å². The maximum Gasteiger partial charge on any atom is 0.274 e. The zero-order chi connectivity index (χ0) is 22.5. The van der Waals surface area contributed by atoms with Crippen LogP contribution >= 0.6 is 0 Å². The number of rotatable bonds is 6. The lowest BCUT2D eigenvalue weighted by Gasteiger charge is -2.26. The highest BCUT2D eigenvalue weighted by Gasteiger charge is 2.21. The topological polar surface area (TPSA) is 111 Å². The quantitative estimate of drug-likeness (QED) is 0.551. The fourth-order valence-electron chi connectivity index (χ4n) is 3.50. The number of nitriles is 1. The lowest BCUT2D eigenvalue weighted by atomic mass is 10.2. The van der Waals surface area contributed by atoms with Crippen molar-refractivity contribution in [2.45, 2.75) is 19.9 Å². The molecule has 0 atom stereocenters. The van der Waals surface area contributed by atoms with Gasteiger partial charge >= 0.3 is 0 Å². The predicted octanol–water partition coefficient (Wildman–Crippen LogP) is 2.75. The number of nitrogens with zero attached hydrogens (tertiary/aromatic N) is 5. The first-order valence-corrected chi connectivity index (χ1v) is 10.6. The van der Waals surface area contributed by atoms with E-state index in [1.165, 1.54) is 0 Å². The van der Waals surface area contributed by atoms with Crippen molar-refractivity contribution in [2.75, 3.05) is 36.8 Å². The summed E-state index contributed by atoms with van der Waals surface area (Å²) in [6.07, 6.45) is 3.51. The van der Waals surface area contributed by atoms with Crippen LogP contribution in [0.4, 0.5) is 17.2 Å². The highest BCUT2D eigenvalue weighted by molar-refractivity contribution is 5.92. The van der Waals surface area contributed by atoms with Crippen LogP contribution in [0.1, 0.15) is 29.9 Å². The molecule has 0 unspecified atom stereocenters. The number of benzene rings is 1. The number of hydrogen-bond acceptors (Lipinski definition) is 7. The summed E-state index contributed by atoms with van der Waals surface area (Å²) < 4.78 is 1.68. The highest BCUT2D eigenvalue weighted by Crippen LogP contribution is 2.25. The number of hydrogen-bond donors (Lipinski definition) is 3. The van der Waals surface area contributed by atoms with Crippen molar-refractivity contribution in [3.05, 3.63) is 60.0 Å². The van der Waals surface area contributed by atoms with E-state index in [4.69, 9.17) is 5.26 Å². The molecule has 32 heavy (non-hydrogen) atoms. The Morgan fingerprint density at radius 1 is 1.19 bits per heavy atom. The van der Waals surface area contributed by atoms with Crippen LogP contribution in [0.3, 0.4) is 0 Å². The van der Waals surface area contributed by atoms with Gasteiger partial charge in [0, 0.05) is 50.2 Å². The van der Waals surface area contributed by atoms with Gasteiger partial charge in [0.15, 0.2) is 5.69 Å². The zero-order valence-corrected chi connectivity index (χ0v) is 18.2. The van der Waals surface area contributed by atoms with Crippen LogP contribution in [0.5, 0.6) is 0 Å². The summed E-state index contributed by atoms with van der Waals surface area (Å²) in [7, 11) is 0. The fraction of sp³-hybridized carbons (Fsp3) is 0.304. The van der Waals surface area contributed by atoms with Gasteiger partial charge in [0.1, 0.15) is 11.5 Å². The second kappa shape index (κ2) is 9.49. The van der Waals surface area contributed by atoms with E-state index in [1.54, 1.807) is 35.3 Å². The Bertz CT molecular complexity index is 1120. The van der Waals surface area contributed by atoms with Gasteiger partial charge in [-0.3, -0.25) is 4.79 Å². The first-order chi connectivity index (χ1) is 15.5. The van der Waals surface area contributed by atoms with Gasteiger partial charge in [-0.25, -0.2) is 9.67 Å². The Labute approximate surface area is 187 Å². The van der Waals surface area contributed by atoms with Crippen LogP contribution in [-0.4, -0.2) is 57.8 Å². The van der Waals surface area contributed by atoms with Crippen molar-refractivity contribution in [3.8, 4) is 11.8 Å². The molecule has 0 bridgehead atoms. The molecule has 164 valence electrons. The number of pyridine rings is 1. The minimum atomic E-state index is -0.0596. The molecule has 0 saturated carbocycles. The molecule has 1 aliphatic heterocycles. The van der Waals surface area contributed by atoms with Gasteiger partial charge in [-0.05, 0) is 44.2 Å². The Morgan fingerprint density at radius 2 is 1.94 bits per heavy atom. The number of amides is 1. The van der Waals surface area contributed by atoms with E-state index >= 15 is 0 Å². The third kappa shape index (κ3) is 4.87. The van der Waals surface area contributed by atoms with Crippen molar-refractivity contribution in [1.82, 2.24) is 25.0 Å². The minimum Gasteiger partial charge on any atom is -0.381 e. The standard InChI is InChI=1S/C23H26N8O/c1-16(2)27-20-13-22(28-18-5-3-17(14-24)4-6-18)26-15-21(20)31-10-7-19(29-31)23(32)30-11-8-25-9-12-30/h3-7,10,13,15-16,25H,8-9,11-12H2,1-2H3,(H2,26,27,28). The minimum absolute atomic E-state index is 0.0596. The summed E-state index contributed by atoms with van der Waals surface area (Å²) in [5, 5.41) is 23.4. The third-order valence-electron chi connectivity index (χ3n) is 5.07. The first-order valence-electron chi connectivity index (χ1n) is 10.6. The van der Waals surface area contributed by atoms with Gasteiger partial charge < -0.3 is 20.9 Å². The molecule has 1 amide bonds. The second-order valence-electron chi connectivity index (χ2n) is 7.89. The number of carbonyl (C=O) groups excluding carboxylic acids is 1. The van der Waals surface area contributed by atoms with Crippen molar-refractivity contribution in [3.63, 3.8) is 0 Å². The Kier molecular flexibility index (Phi) is 6.33. The molecule has 3 N–H and O–H groups in total. The average Bonchev–Trinajstić information content (AvgIpc) is 3.29. The molecule has 9 heteroatoms. The summed E-state index contributed by atoms with van der Waals surface area (Å²) in [5.41, 5.74) is 3.45.